The summed E-state index contributed by atoms with van der Waals surface area (Å²) in [6.45, 7) is 4.21. The Morgan fingerprint density at radius 1 is 1.24 bits per heavy atom. The van der Waals surface area contributed by atoms with Gasteiger partial charge in [-0.1, -0.05) is 46.6 Å². The van der Waals surface area contributed by atoms with Crippen LogP contribution in [0, 0.1) is 13.0 Å². The summed E-state index contributed by atoms with van der Waals surface area (Å²) in [5, 5.41) is 0.776. The van der Waals surface area contributed by atoms with Crippen LogP contribution in [-0.4, -0.2) is 0 Å². The highest BCUT2D eigenvalue weighted by Gasteiger charge is 2.08. The number of benzene rings is 2. The molecule has 2 aromatic carbocycles. The van der Waals surface area contributed by atoms with Gasteiger partial charge in [-0.15, -0.1) is 0 Å². The molecule has 0 bridgehead atoms. The Bertz CT molecular complexity index is 547. The number of hydrogen-bond acceptors (Lipinski definition) is 0. The van der Waals surface area contributed by atoms with E-state index in [1.807, 2.05) is 18.2 Å². The second-order valence-electron chi connectivity index (χ2n) is 4.02. The summed E-state index contributed by atoms with van der Waals surface area (Å²) in [5.41, 5.74) is 4.63. The maximum atomic E-state index is 6.26. The first-order chi connectivity index (χ1) is 8.11. The van der Waals surface area contributed by atoms with Crippen molar-refractivity contribution in [1.82, 2.24) is 0 Å². The fourth-order valence-electron chi connectivity index (χ4n) is 1.80. The van der Waals surface area contributed by atoms with Gasteiger partial charge in [0, 0.05) is 15.1 Å². The van der Waals surface area contributed by atoms with Crippen molar-refractivity contribution in [1.29, 1.82) is 0 Å². The zero-order valence-electron chi connectivity index (χ0n) is 9.85. The van der Waals surface area contributed by atoms with Crippen molar-refractivity contribution in [3.8, 4) is 11.1 Å². The lowest BCUT2D eigenvalue weighted by atomic mass is 9.97. The number of aryl methyl sites for hydroxylation is 2. The molecule has 0 spiro atoms. The quantitative estimate of drug-likeness (QED) is 0.693. The molecule has 0 aliphatic rings. The lowest BCUT2D eigenvalue weighted by Crippen LogP contribution is -1.89. The third-order valence-corrected chi connectivity index (χ3v) is 3.66. The summed E-state index contributed by atoms with van der Waals surface area (Å²) < 4.78 is 1.04. The van der Waals surface area contributed by atoms with Gasteiger partial charge in [-0.3, -0.25) is 0 Å². The van der Waals surface area contributed by atoms with E-state index < -0.39 is 0 Å². The van der Waals surface area contributed by atoms with Crippen LogP contribution in [0.4, 0.5) is 0 Å². The smallest absolute Gasteiger partial charge is 0.0485 e. The van der Waals surface area contributed by atoms with Crippen molar-refractivity contribution in [2.75, 3.05) is 0 Å². The molecular weight excluding hydrogens is 296 g/mol. The molecule has 0 N–H and O–H groups in total. The normalized spacial score (nSPS) is 10.6. The van der Waals surface area contributed by atoms with Crippen LogP contribution >= 0.6 is 27.5 Å². The molecule has 0 amide bonds. The first-order valence-electron chi connectivity index (χ1n) is 5.58. The monoisotopic (exact) mass is 307 g/mol. The van der Waals surface area contributed by atoms with Crippen molar-refractivity contribution >= 4 is 27.5 Å². The molecule has 0 nitrogen and oxygen atoms in total. The first-order valence-corrected chi connectivity index (χ1v) is 6.75. The fourth-order valence-corrected chi connectivity index (χ4v) is 2.38. The van der Waals surface area contributed by atoms with Crippen molar-refractivity contribution in [2.24, 2.45) is 0 Å². The van der Waals surface area contributed by atoms with E-state index in [0.29, 0.717) is 0 Å². The summed E-state index contributed by atoms with van der Waals surface area (Å²) in [6, 6.07) is 13.5. The van der Waals surface area contributed by atoms with Crippen molar-refractivity contribution in [2.45, 2.75) is 20.3 Å². The molecule has 0 aromatic heterocycles. The van der Waals surface area contributed by atoms with Crippen LogP contribution in [-0.2, 0) is 6.42 Å². The Kier molecular flexibility index (Phi) is 3.90. The standard InChI is InChI=1S/C15H13BrCl/c1-3-11-5-4-10(2)13(8-11)14-9-12(16)6-7-15(14)17/h5-9H,3H2,1-2H3. The molecule has 0 fully saturated rings. The molecule has 0 heterocycles. The van der Waals surface area contributed by atoms with Crippen molar-refractivity contribution in [3.05, 3.63) is 57.0 Å². The summed E-state index contributed by atoms with van der Waals surface area (Å²) >= 11 is 9.75. The largest absolute Gasteiger partial charge is 0.0837 e. The van der Waals surface area contributed by atoms with E-state index in [1.54, 1.807) is 0 Å². The Hall–Kier alpha value is -0.790. The minimum absolute atomic E-state index is 0.776. The molecule has 2 heteroatoms. The number of rotatable bonds is 2. The maximum absolute atomic E-state index is 6.26. The van der Waals surface area contributed by atoms with Gasteiger partial charge in [0.2, 0.25) is 0 Å². The Morgan fingerprint density at radius 2 is 2.00 bits per heavy atom. The van der Waals surface area contributed by atoms with Gasteiger partial charge < -0.3 is 0 Å². The van der Waals surface area contributed by atoms with Gasteiger partial charge in [-0.05, 0) is 54.3 Å². The fraction of sp³-hybridized carbons (Fsp3) is 0.200. The van der Waals surface area contributed by atoms with Gasteiger partial charge in [0.15, 0.2) is 0 Å². The van der Waals surface area contributed by atoms with E-state index in [2.05, 4.69) is 48.0 Å². The second kappa shape index (κ2) is 5.24. The van der Waals surface area contributed by atoms with Gasteiger partial charge in [0.25, 0.3) is 0 Å². The highest BCUT2D eigenvalue weighted by Crippen LogP contribution is 2.33. The maximum Gasteiger partial charge on any atom is 0.0485 e. The molecule has 0 aliphatic carbocycles. The molecule has 0 saturated carbocycles. The van der Waals surface area contributed by atoms with Crippen LogP contribution < -0.4 is 0 Å². The number of hydrogen-bond donors (Lipinski definition) is 0. The molecule has 0 unspecified atom stereocenters. The summed E-state index contributed by atoms with van der Waals surface area (Å²) in [6.07, 6.45) is 1.01. The predicted octanol–water partition coefficient (Wildman–Crippen LogP) is 5.44. The van der Waals surface area contributed by atoms with Gasteiger partial charge >= 0.3 is 0 Å². The average molecular weight is 309 g/mol. The lowest BCUT2D eigenvalue weighted by Gasteiger charge is -2.10. The zero-order valence-corrected chi connectivity index (χ0v) is 12.2. The van der Waals surface area contributed by atoms with Gasteiger partial charge in [-0.25, -0.2) is 0 Å². The van der Waals surface area contributed by atoms with Crippen LogP contribution in [0.25, 0.3) is 11.1 Å². The van der Waals surface area contributed by atoms with E-state index in [1.165, 1.54) is 5.56 Å². The second-order valence-corrected chi connectivity index (χ2v) is 5.35. The zero-order chi connectivity index (χ0) is 12.4. The van der Waals surface area contributed by atoms with Gasteiger partial charge in [0.05, 0.1) is 0 Å². The molecule has 0 saturated heterocycles. The molecule has 17 heavy (non-hydrogen) atoms. The van der Waals surface area contributed by atoms with E-state index in [-0.39, 0.29) is 0 Å². The molecule has 1 radical (unpaired) electrons. The molecule has 0 atom stereocenters. The van der Waals surface area contributed by atoms with Crippen LogP contribution in [0.2, 0.25) is 5.02 Å². The number of halogens is 2. The first kappa shape index (κ1) is 12.7. The van der Waals surface area contributed by atoms with Gasteiger partial charge in [0.1, 0.15) is 0 Å². The third-order valence-electron chi connectivity index (χ3n) is 2.83. The topological polar surface area (TPSA) is 0 Å². The van der Waals surface area contributed by atoms with Crippen molar-refractivity contribution < 1.29 is 0 Å². The van der Waals surface area contributed by atoms with Crippen molar-refractivity contribution in [3.63, 3.8) is 0 Å². The molecular formula is C15H13BrCl. The van der Waals surface area contributed by atoms with Gasteiger partial charge in [-0.2, -0.15) is 0 Å². The van der Waals surface area contributed by atoms with Crippen LogP contribution in [0.3, 0.4) is 0 Å². The Balaban J connectivity index is 2.62. The van der Waals surface area contributed by atoms with Crippen LogP contribution in [0.5, 0.6) is 0 Å². The summed E-state index contributed by atoms with van der Waals surface area (Å²) in [5.74, 6) is 0. The van der Waals surface area contributed by atoms with E-state index in [4.69, 9.17) is 11.6 Å². The molecule has 2 rings (SSSR count). The van der Waals surface area contributed by atoms with Crippen LogP contribution in [0.1, 0.15) is 18.1 Å². The Morgan fingerprint density at radius 3 is 2.71 bits per heavy atom. The molecule has 0 aliphatic heterocycles. The van der Waals surface area contributed by atoms with E-state index in [9.17, 15) is 0 Å². The predicted molar refractivity (Wildman–Crippen MR) is 77.5 cm³/mol. The average Bonchev–Trinajstić information content (AvgIpc) is 2.33. The minimum Gasteiger partial charge on any atom is -0.0837 e. The molecule has 2 aromatic rings. The van der Waals surface area contributed by atoms with E-state index in [0.717, 1.165) is 32.6 Å². The van der Waals surface area contributed by atoms with E-state index >= 15 is 0 Å². The van der Waals surface area contributed by atoms with Crippen LogP contribution in [0.15, 0.2) is 34.8 Å². The lowest BCUT2D eigenvalue weighted by molar-refractivity contribution is 1.13. The third kappa shape index (κ3) is 2.72. The molecule has 87 valence electrons. The summed E-state index contributed by atoms with van der Waals surface area (Å²) in [4.78, 5) is 0. The summed E-state index contributed by atoms with van der Waals surface area (Å²) in [7, 11) is 0. The highest BCUT2D eigenvalue weighted by molar-refractivity contribution is 9.10. The Labute approximate surface area is 116 Å². The highest BCUT2D eigenvalue weighted by atomic mass is 79.9. The minimum atomic E-state index is 0.776. The SMILES string of the molecule is CCc1c[c]c(C)c(-c2cc(Br)ccc2Cl)c1.